The van der Waals surface area contributed by atoms with E-state index in [1.807, 2.05) is 0 Å². The molecule has 0 bridgehead atoms. The molecule has 2 heteroatoms. The standard InChI is InChI=1S/C43H32OSi/c1-6-19-33(20-7-1)43(34-21-8-2-9-22-34)38-29-16-17-31-40(38)44-42-39(43)30-18-32-41(42)45(35-23-10-3-11-24-35,36-25-12-4-13-26-36)37-27-14-5-15-28-37/h1-32H. The fourth-order valence-corrected chi connectivity index (χ4v) is 12.4. The minimum absolute atomic E-state index is 0.576. The van der Waals surface area contributed by atoms with Crippen LogP contribution in [0.25, 0.3) is 0 Å². The Bertz CT molecular complexity index is 1920. The van der Waals surface area contributed by atoms with Gasteiger partial charge >= 0.3 is 0 Å². The maximum Gasteiger partial charge on any atom is 0.183 e. The Balaban J connectivity index is 1.56. The lowest BCUT2D eigenvalue weighted by molar-refractivity contribution is 0.438. The second-order valence-corrected chi connectivity index (χ2v) is 15.4. The van der Waals surface area contributed by atoms with Crippen LogP contribution in [0.15, 0.2) is 194 Å². The van der Waals surface area contributed by atoms with Gasteiger partial charge < -0.3 is 4.74 Å². The smallest absolute Gasteiger partial charge is 0.183 e. The summed E-state index contributed by atoms with van der Waals surface area (Å²) in [7, 11) is -2.89. The normalized spacial score (nSPS) is 13.2. The predicted molar refractivity (Wildman–Crippen MR) is 188 cm³/mol. The first-order chi connectivity index (χ1) is 22.3. The van der Waals surface area contributed by atoms with Crippen LogP contribution in [0.2, 0.25) is 0 Å². The molecule has 1 heterocycles. The average molecular weight is 593 g/mol. The zero-order valence-corrected chi connectivity index (χ0v) is 25.9. The first-order valence-corrected chi connectivity index (χ1v) is 17.5. The van der Waals surface area contributed by atoms with Gasteiger partial charge in [-0.1, -0.05) is 188 Å². The van der Waals surface area contributed by atoms with Gasteiger partial charge in [-0.2, -0.15) is 0 Å². The van der Waals surface area contributed by atoms with Gasteiger partial charge in [0.05, 0.1) is 5.41 Å². The summed E-state index contributed by atoms with van der Waals surface area (Å²) in [5.74, 6) is 1.84. The van der Waals surface area contributed by atoms with Gasteiger partial charge in [-0.25, -0.2) is 0 Å². The highest BCUT2D eigenvalue weighted by molar-refractivity contribution is 7.20. The van der Waals surface area contributed by atoms with Gasteiger partial charge in [0, 0.05) is 11.1 Å². The molecule has 45 heavy (non-hydrogen) atoms. The topological polar surface area (TPSA) is 9.23 Å². The molecule has 214 valence electrons. The first kappa shape index (κ1) is 27.1. The summed E-state index contributed by atoms with van der Waals surface area (Å²) in [5.41, 5.74) is 4.18. The third-order valence-corrected chi connectivity index (χ3v) is 14.2. The molecular weight excluding hydrogens is 561 g/mol. The Hall–Kier alpha value is -5.44. The van der Waals surface area contributed by atoms with E-state index in [9.17, 15) is 0 Å². The highest BCUT2D eigenvalue weighted by Gasteiger charge is 2.50. The second kappa shape index (κ2) is 11.2. The van der Waals surface area contributed by atoms with Crippen molar-refractivity contribution in [1.82, 2.24) is 0 Å². The van der Waals surface area contributed by atoms with Crippen molar-refractivity contribution in [2.45, 2.75) is 5.41 Å². The molecule has 0 fully saturated rings. The molecule has 8 rings (SSSR count). The highest BCUT2D eigenvalue weighted by atomic mass is 28.3. The van der Waals surface area contributed by atoms with E-state index in [-0.39, 0.29) is 0 Å². The molecule has 7 aromatic rings. The lowest BCUT2D eigenvalue weighted by Gasteiger charge is -2.44. The third kappa shape index (κ3) is 4.14. The molecule has 0 radical (unpaired) electrons. The summed E-state index contributed by atoms with van der Waals surface area (Å²) in [5, 5.41) is 5.21. The summed E-state index contributed by atoms with van der Waals surface area (Å²) in [6.07, 6.45) is 0. The molecule has 0 unspecified atom stereocenters. The molecule has 0 aliphatic carbocycles. The predicted octanol–water partition coefficient (Wildman–Crippen LogP) is 7.55. The Morgan fingerprint density at radius 2 is 0.756 bits per heavy atom. The Labute approximate surface area is 266 Å². The molecule has 0 saturated carbocycles. The van der Waals surface area contributed by atoms with E-state index in [1.165, 1.54) is 31.9 Å². The van der Waals surface area contributed by atoms with Crippen LogP contribution in [0.3, 0.4) is 0 Å². The van der Waals surface area contributed by atoms with E-state index in [0.29, 0.717) is 0 Å². The van der Waals surface area contributed by atoms with Gasteiger partial charge in [-0.05, 0) is 37.9 Å². The fraction of sp³-hybridized carbons (Fsp3) is 0.0233. The molecule has 0 spiro atoms. The van der Waals surface area contributed by atoms with Crippen molar-refractivity contribution in [3.8, 4) is 11.5 Å². The van der Waals surface area contributed by atoms with Crippen molar-refractivity contribution < 1.29 is 4.74 Å². The first-order valence-electron chi connectivity index (χ1n) is 15.5. The van der Waals surface area contributed by atoms with Gasteiger partial charge in [0.1, 0.15) is 11.5 Å². The van der Waals surface area contributed by atoms with Gasteiger partial charge in [0.15, 0.2) is 8.07 Å². The van der Waals surface area contributed by atoms with E-state index in [4.69, 9.17) is 4.74 Å². The third-order valence-electron chi connectivity index (χ3n) is 9.36. The molecule has 1 aliphatic rings. The Kier molecular flexibility index (Phi) is 6.78. The van der Waals surface area contributed by atoms with Crippen LogP contribution in [-0.2, 0) is 5.41 Å². The van der Waals surface area contributed by atoms with E-state index in [0.717, 1.165) is 22.6 Å². The summed E-state index contributed by atoms with van der Waals surface area (Å²) in [4.78, 5) is 0. The zero-order valence-electron chi connectivity index (χ0n) is 24.9. The average Bonchev–Trinajstić information content (AvgIpc) is 3.13. The van der Waals surface area contributed by atoms with Crippen molar-refractivity contribution in [2.24, 2.45) is 0 Å². The highest BCUT2D eigenvalue weighted by Crippen LogP contribution is 2.54. The van der Waals surface area contributed by atoms with Crippen LogP contribution in [-0.4, -0.2) is 8.07 Å². The van der Waals surface area contributed by atoms with Gasteiger partial charge in [-0.15, -0.1) is 0 Å². The Morgan fingerprint density at radius 1 is 0.356 bits per heavy atom. The van der Waals surface area contributed by atoms with Crippen LogP contribution >= 0.6 is 0 Å². The Morgan fingerprint density at radius 3 is 1.24 bits per heavy atom. The number of hydrogen-bond acceptors (Lipinski definition) is 1. The molecule has 0 N–H and O–H groups in total. The largest absolute Gasteiger partial charge is 0.457 e. The van der Waals surface area contributed by atoms with E-state index in [1.54, 1.807) is 0 Å². The van der Waals surface area contributed by atoms with Crippen molar-refractivity contribution in [3.63, 3.8) is 0 Å². The molecular formula is C43H32OSi. The summed E-state index contributed by atoms with van der Waals surface area (Å²) < 4.78 is 7.21. The SMILES string of the molecule is c1ccc(C2(c3ccccc3)c3ccccc3Oc3c2cccc3[Si](c2ccccc2)(c2ccccc2)c2ccccc2)cc1. The monoisotopic (exact) mass is 592 g/mol. The summed E-state index contributed by atoms with van der Waals surface area (Å²) in [6, 6.07) is 70.6. The maximum atomic E-state index is 7.21. The molecule has 1 aliphatic heterocycles. The number of para-hydroxylation sites is 2. The number of ether oxygens (including phenoxy) is 1. The van der Waals surface area contributed by atoms with Crippen LogP contribution in [0.4, 0.5) is 0 Å². The van der Waals surface area contributed by atoms with Gasteiger partial charge in [-0.3, -0.25) is 0 Å². The van der Waals surface area contributed by atoms with Crippen molar-refractivity contribution in [2.75, 3.05) is 0 Å². The number of benzene rings is 7. The minimum Gasteiger partial charge on any atom is -0.457 e. The molecule has 7 aromatic carbocycles. The minimum atomic E-state index is -2.89. The lowest BCUT2D eigenvalue weighted by Crippen LogP contribution is -2.75. The van der Waals surface area contributed by atoms with E-state index < -0.39 is 13.5 Å². The number of hydrogen-bond donors (Lipinski definition) is 0. The van der Waals surface area contributed by atoms with Gasteiger partial charge in [0.25, 0.3) is 0 Å². The van der Waals surface area contributed by atoms with Crippen molar-refractivity contribution >= 4 is 28.8 Å². The van der Waals surface area contributed by atoms with Crippen LogP contribution in [0.1, 0.15) is 22.3 Å². The van der Waals surface area contributed by atoms with E-state index in [2.05, 4.69) is 194 Å². The van der Waals surface area contributed by atoms with E-state index >= 15 is 0 Å². The van der Waals surface area contributed by atoms with Crippen molar-refractivity contribution in [1.29, 1.82) is 0 Å². The van der Waals surface area contributed by atoms with Crippen LogP contribution in [0, 0.1) is 0 Å². The number of fused-ring (bicyclic) bond motifs is 2. The summed E-state index contributed by atoms with van der Waals surface area (Å²) >= 11 is 0. The molecule has 1 nitrogen and oxygen atoms in total. The summed E-state index contributed by atoms with van der Waals surface area (Å²) in [6.45, 7) is 0. The molecule has 0 atom stereocenters. The zero-order chi connectivity index (χ0) is 30.1. The van der Waals surface area contributed by atoms with Gasteiger partial charge in [0.2, 0.25) is 0 Å². The maximum absolute atomic E-state index is 7.21. The second-order valence-electron chi connectivity index (χ2n) is 11.6. The quantitative estimate of drug-likeness (QED) is 0.143. The fourth-order valence-electron chi connectivity index (χ4n) is 7.55. The van der Waals surface area contributed by atoms with Crippen molar-refractivity contribution in [3.05, 3.63) is 216 Å². The van der Waals surface area contributed by atoms with Crippen LogP contribution < -0.4 is 25.5 Å². The number of rotatable bonds is 6. The van der Waals surface area contributed by atoms with Crippen LogP contribution in [0.5, 0.6) is 11.5 Å². The lowest BCUT2D eigenvalue weighted by atomic mass is 9.64. The molecule has 0 saturated heterocycles. The molecule has 0 amide bonds. The molecule has 0 aromatic heterocycles.